The Morgan fingerprint density at radius 3 is 1.85 bits per heavy atom. The summed E-state index contributed by atoms with van der Waals surface area (Å²) in [6.07, 6.45) is 14.2. The third-order valence-electron chi connectivity index (χ3n) is 12.6. The smallest absolute Gasteiger partial charge is 0.167 e. The number of benzene rings is 5. The summed E-state index contributed by atoms with van der Waals surface area (Å²) in [5.74, 6) is 1.42. The Kier molecular flexibility index (Phi) is 16.6. The molecule has 0 aromatic heterocycles. The number of rotatable bonds is 11. The average Bonchev–Trinajstić information content (AvgIpc) is 3.66. The van der Waals surface area contributed by atoms with Crippen LogP contribution in [0, 0.1) is 39.0 Å². The maximum Gasteiger partial charge on any atom is 0.167 e. The Bertz CT molecular complexity index is 2810. The van der Waals surface area contributed by atoms with E-state index in [1.165, 1.54) is 0 Å². The Balaban J connectivity index is 0.000000183. The van der Waals surface area contributed by atoms with E-state index in [1.807, 2.05) is 133 Å². The van der Waals surface area contributed by atoms with Crippen LogP contribution in [0.25, 0.3) is 22.9 Å². The highest BCUT2D eigenvalue weighted by atomic mass is 16.5. The van der Waals surface area contributed by atoms with Crippen molar-refractivity contribution in [1.82, 2.24) is 0 Å². The molecule has 0 spiro atoms. The van der Waals surface area contributed by atoms with E-state index in [-0.39, 0.29) is 47.1 Å². The monoisotopic (exact) mass is 901 g/mol. The van der Waals surface area contributed by atoms with Crippen molar-refractivity contribution in [1.29, 1.82) is 5.26 Å². The first-order valence-electron chi connectivity index (χ1n) is 22.6. The minimum atomic E-state index is -0.467. The molecule has 1 unspecified atom stereocenters. The van der Waals surface area contributed by atoms with Crippen molar-refractivity contribution in [3.8, 4) is 23.3 Å². The van der Waals surface area contributed by atoms with Crippen molar-refractivity contribution in [3.05, 3.63) is 157 Å². The predicted octanol–water partition coefficient (Wildman–Crippen LogP) is 12.3. The molecule has 0 radical (unpaired) electrons. The lowest BCUT2D eigenvalue weighted by molar-refractivity contribution is -0.115. The number of hydrogen-bond donors (Lipinski definition) is 1. The van der Waals surface area contributed by atoms with Gasteiger partial charge in [-0.05, 0) is 146 Å². The molecule has 0 aliphatic heterocycles. The van der Waals surface area contributed by atoms with Crippen LogP contribution in [0.15, 0.2) is 85.0 Å². The van der Waals surface area contributed by atoms with Gasteiger partial charge < -0.3 is 24.1 Å². The van der Waals surface area contributed by atoms with Gasteiger partial charge in [-0.15, -0.1) is 0 Å². The van der Waals surface area contributed by atoms with E-state index in [1.54, 1.807) is 20.3 Å². The summed E-state index contributed by atoms with van der Waals surface area (Å²) < 4.78 is 22.2. The number of aryl methyl sites for hydroxylation is 3. The zero-order valence-corrected chi connectivity index (χ0v) is 39.7. The highest BCUT2D eigenvalue weighted by Gasteiger charge is 2.35. The van der Waals surface area contributed by atoms with Crippen molar-refractivity contribution in [2.45, 2.75) is 105 Å². The van der Waals surface area contributed by atoms with E-state index in [0.29, 0.717) is 54.4 Å². The summed E-state index contributed by atoms with van der Waals surface area (Å²) in [6, 6.07) is 21.5. The van der Waals surface area contributed by atoms with Crippen molar-refractivity contribution in [3.63, 3.8) is 0 Å². The molecule has 3 aliphatic carbocycles. The summed E-state index contributed by atoms with van der Waals surface area (Å²) in [6.45, 7) is 12.7. The maximum atomic E-state index is 12.9. The molecule has 0 amide bonds. The van der Waals surface area contributed by atoms with Crippen molar-refractivity contribution in [2.24, 2.45) is 0 Å². The lowest BCUT2D eigenvalue weighted by Gasteiger charge is -2.29. The van der Waals surface area contributed by atoms with Gasteiger partial charge in [-0.2, -0.15) is 5.26 Å². The third-order valence-corrected chi connectivity index (χ3v) is 12.6. The molecule has 10 heteroatoms. The Morgan fingerprint density at radius 2 is 1.31 bits per heavy atom. The minimum Gasteiger partial charge on any atom is -0.507 e. The molecule has 5 aromatic carbocycles. The van der Waals surface area contributed by atoms with Gasteiger partial charge in [0.05, 0.1) is 57.2 Å². The first-order chi connectivity index (χ1) is 32.3. The fourth-order valence-electron chi connectivity index (χ4n) is 9.19. The van der Waals surface area contributed by atoms with Gasteiger partial charge in [0.2, 0.25) is 0 Å². The summed E-state index contributed by atoms with van der Waals surface area (Å²) >= 11 is 0. The van der Waals surface area contributed by atoms with Gasteiger partial charge in [-0.1, -0.05) is 60.7 Å². The Morgan fingerprint density at radius 1 is 0.731 bits per heavy atom. The number of methoxy groups -OCH3 is 2. The summed E-state index contributed by atoms with van der Waals surface area (Å²) in [5.41, 5.74) is 11.0. The van der Waals surface area contributed by atoms with Crippen LogP contribution in [0.1, 0.15) is 145 Å². The molecule has 0 saturated carbocycles. The van der Waals surface area contributed by atoms with Crippen LogP contribution >= 0.6 is 0 Å². The van der Waals surface area contributed by atoms with Crippen molar-refractivity contribution in [2.75, 3.05) is 14.2 Å². The minimum absolute atomic E-state index is 0.0587. The van der Waals surface area contributed by atoms with E-state index in [0.717, 1.165) is 79.8 Å². The normalized spacial score (nSPS) is 17.4. The number of phenolic OH excluding ortho intramolecular Hbond substituents is 1. The third kappa shape index (κ3) is 11.0. The van der Waals surface area contributed by atoms with Gasteiger partial charge in [0, 0.05) is 41.3 Å². The number of allylic oxidation sites excluding steroid dienone is 3. The van der Waals surface area contributed by atoms with Crippen LogP contribution in [-0.4, -0.2) is 49.1 Å². The number of carbonyl (C=O) groups excluding carboxylic acids is 4. The second-order valence-electron chi connectivity index (χ2n) is 17.0. The molecular weight excluding hydrogens is 843 g/mol. The summed E-state index contributed by atoms with van der Waals surface area (Å²) in [5, 5.41) is 21.6. The fourth-order valence-corrected chi connectivity index (χ4v) is 9.19. The molecule has 0 fully saturated rings. The maximum absolute atomic E-state index is 12.9. The SMILES string of the molecule is C/C=C/c1c(C)cc2c(C=O)c3c(c(O)c2c1C)C(=O)CC[C@@H]3OCc1ccc(OC)cc1.C/C=C/c1c(C)cc2c(c1C)C(=O)CC2C#N.COc1ccc(CO[C@@H]2C=CC(=O)CC2)cc1. The van der Waals surface area contributed by atoms with Crippen molar-refractivity contribution < 1.29 is 43.2 Å². The quantitative estimate of drug-likeness (QED) is 0.127. The standard InChI is InChI=1S/C28H28O5.C15H15NO.C14H16O3/c1-5-6-20-16(2)13-21-22(14-29)26-24(33-15-18-7-9-19(32-4)10-8-18)12-11-23(30)27(26)28(31)25(21)17(20)3;1-4-5-12-9(2)6-13-11(8-16)7-14(17)15(13)10(12)3;1-16-13-6-2-11(3-7-13)10-17-14-8-4-12(15)5-9-14/h5-10,13-14,24,31H,11-12,15H2,1-4H3;4-6,11H,7H2,1-3H3;2-4,6-8,14H,5,9-10H2,1H3/b6-5+;5-4+;/t24-;;14-/m0.1/s1. The van der Waals surface area contributed by atoms with Gasteiger partial charge in [0.1, 0.15) is 17.2 Å². The van der Waals surface area contributed by atoms with Gasteiger partial charge in [0.15, 0.2) is 23.6 Å². The number of nitriles is 1. The number of aromatic hydroxyl groups is 1. The number of Topliss-reactive ketones (excluding diaryl/α,β-unsaturated/α-hetero) is 2. The number of nitrogens with zero attached hydrogens (tertiary/aromatic N) is 1. The molecule has 5 aromatic rings. The van der Waals surface area contributed by atoms with E-state index in [9.17, 15) is 24.3 Å². The van der Waals surface area contributed by atoms with E-state index in [4.69, 9.17) is 24.2 Å². The average molecular weight is 902 g/mol. The zero-order chi connectivity index (χ0) is 48.4. The molecule has 1 N–H and O–H groups in total. The highest BCUT2D eigenvalue weighted by molar-refractivity contribution is 6.14. The van der Waals surface area contributed by atoms with E-state index < -0.39 is 6.10 Å². The second kappa shape index (κ2) is 22.5. The van der Waals surface area contributed by atoms with E-state index >= 15 is 0 Å². The molecule has 10 nitrogen and oxygen atoms in total. The first-order valence-corrected chi connectivity index (χ1v) is 22.6. The van der Waals surface area contributed by atoms with Gasteiger partial charge in [-0.25, -0.2) is 0 Å². The van der Waals surface area contributed by atoms with Crippen LogP contribution in [0.3, 0.4) is 0 Å². The second-order valence-corrected chi connectivity index (χ2v) is 17.0. The lowest BCUT2D eigenvalue weighted by atomic mass is 9.80. The number of carbonyl (C=O) groups is 4. The molecule has 8 rings (SSSR count). The van der Waals surface area contributed by atoms with Crippen molar-refractivity contribution >= 4 is 46.6 Å². The summed E-state index contributed by atoms with van der Waals surface area (Å²) in [4.78, 5) is 48.2. The van der Waals surface area contributed by atoms with E-state index in [2.05, 4.69) is 6.07 Å². The molecule has 0 heterocycles. The lowest BCUT2D eigenvalue weighted by Crippen LogP contribution is -2.21. The molecule has 346 valence electrons. The van der Waals surface area contributed by atoms with Crippen LogP contribution in [0.4, 0.5) is 0 Å². The van der Waals surface area contributed by atoms with Crippen LogP contribution in [0.5, 0.6) is 17.2 Å². The Hall–Kier alpha value is -6.93. The Labute approximate surface area is 393 Å². The van der Waals surface area contributed by atoms with Gasteiger partial charge >= 0.3 is 0 Å². The number of ether oxygens (including phenoxy) is 4. The molecule has 0 saturated heterocycles. The molecule has 3 atom stereocenters. The number of hydrogen-bond acceptors (Lipinski definition) is 10. The predicted molar refractivity (Wildman–Crippen MR) is 262 cm³/mol. The van der Waals surface area contributed by atoms with Crippen LogP contribution in [-0.2, 0) is 27.5 Å². The summed E-state index contributed by atoms with van der Waals surface area (Å²) in [7, 11) is 3.26. The fraction of sp³-hybridized carbons (Fsp3) is 0.316. The topological polar surface area (TPSA) is 149 Å². The molecule has 0 bridgehead atoms. The number of fused-ring (bicyclic) bond motifs is 3. The molecule has 3 aliphatic rings. The molecule has 67 heavy (non-hydrogen) atoms. The number of phenols is 1. The van der Waals surface area contributed by atoms with Gasteiger partial charge in [-0.3, -0.25) is 19.2 Å². The number of aldehydes is 1. The highest BCUT2D eigenvalue weighted by Crippen LogP contribution is 2.46. The first kappa shape index (κ1) is 49.5. The largest absolute Gasteiger partial charge is 0.507 e. The molecular formula is C57H59NO9. The van der Waals surface area contributed by atoms with Gasteiger partial charge in [0.25, 0.3) is 0 Å². The number of ketones is 3. The van der Waals surface area contributed by atoms with Crippen LogP contribution < -0.4 is 9.47 Å². The van der Waals surface area contributed by atoms with Crippen LogP contribution in [0.2, 0.25) is 0 Å². The zero-order valence-electron chi connectivity index (χ0n) is 39.7.